The van der Waals surface area contributed by atoms with Crippen molar-refractivity contribution in [1.29, 1.82) is 0 Å². The molecule has 1 aromatic carbocycles. The predicted molar refractivity (Wildman–Crippen MR) is 71.6 cm³/mol. The molecule has 0 bridgehead atoms. The average molecular weight is 260 g/mol. The van der Waals surface area contributed by atoms with Crippen LogP contribution in [0.1, 0.15) is 21.8 Å². The quantitative estimate of drug-likeness (QED) is 0.892. The Morgan fingerprint density at radius 1 is 1.26 bits per heavy atom. The molecule has 0 aliphatic carbocycles. The molecule has 0 unspecified atom stereocenters. The van der Waals surface area contributed by atoms with Gasteiger partial charge in [-0.1, -0.05) is 12.1 Å². The van der Waals surface area contributed by atoms with Crippen LogP contribution in [0.5, 0.6) is 0 Å². The molecule has 0 aliphatic heterocycles. The van der Waals surface area contributed by atoms with Crippen molar-refractivity contribution in [3.8, 4) is 0 Å². The van der Waals surface area contributed by atoms with Crippen LogP contribution < -0.4 is 4.90 Å². The van der Waals surface area contributed by atoms with Crippen molar-refractivity contribution in [2.75, 3.05) is 19.0 Å². The van der Waals surface area contributed by atoms with Gasteiger partial charge in [0.25, 0.3) is 0 Å². The number of hydrogen-bond donors (Lipinski definition) is 1. The molecule has 0 saturated heterocycles. The molecule has 0 radical (unpaired) electrons. The minimum Gasteiger partial charge on any atom is -0.476 e. The number of anilines is 1. The number of carbonyl (C=O) groups is 1. The Hall–Kier alpha value is -2.30. The van der Waals surface area contributed by atoms with Crippen LogP contribution in [0.25, 0.3) is 0 Å². The number of carboxylic acid groups (broad SMARTS) is 1. The van der Waals surface area contributed by atoms with Crippen LogP contribution in [0.15, 0.2) is 35.1 Å². The van der Waals surface area contributed by atoms with Gasteiger partial charge in [0.15, 0.2) is 12.1 Å². The SMILES string of the molecule is CN(C)c1ccc(CCc2ocnc2C(=O)O)cc1. The van der Waals surface area contributed by atoms with Crippen molar-refractivity contribution in [3.63, 3.8) is 0 Å². The summed E-state index contributed by atoms with van der Waals surface area (Å²) >= 11 is 0. The summed E-state index contributed by atoms with van der Waals surface area (Å²) in [5.41, 5.74) is 2.28. The largest absolute Gasteiger partial charge is 0.476 e. The summed E-state index contributed by atoms with van der Waals surface area (Å²) in [6.07, 6.45) is 2.43. The maximum atomic E-state index is 10.9. The molecule has 0 saturated carbocycles. The second kappa shape index (κ2) is 5.56. The van der Waals surface area contributed by atoms with Crippen molar-refractivity contribution < 1.29 is 14.3 Å². The fourth-order valence-electron chi connectivity index (χ4n) is 1.84. The van der Waals surface area contributed by atoms with Gasteiger partial charge >= 0.3 is 5.97 Å². The third kappa shape index (κ3) is 3.13. The minimum absolute atomic E-state index is 0.00455. The summed E-state index contributed by atoms with van der Waals surface area (Å²) in [7, 11) is 3.98. The highest BCUT2D eigenvalue weighted by Crippen LogP contribution is 2.15. The summed E-state index contributed by atoms with van der Waals surface area (Å²) in [4.78, 5) is 16.6. The molecule has 1 aromatic heterocycles. The Morgan fingerprint density at radius 2 is 1.95 bits per heavy atom. The molecule has 5 nitrogen and oxygen atoms in total. The zero-order chi connectivity index (χ0) is 13.8. The molecular weight excluding hydrogens is 244 g/mol. The molecule has 2 aromatic rings. The summed E-state index contributed by atoms with van der Waals surface area (Å²) in [5, 5.41) is 8.92. The zero-order valence-corrected chi connectivity index (χ0v) is 11.0. The van der Waals surface area contributed by atoms with Crippen LogP contribution in [0.3, 0.4) is 0 Å². The number of carboxylic acids is 1. The monoisotopic (exact) mass is 260 g/mol. The lowest BCUT2D eigenvalue weighted by atomic mass is 10.1. The predicted octanol–water partition coefficient (Wildman–Crippen LogP) is 2.22. The van der Waals surface area contributed by atoms with Crippen molar-refractivity contribution in [2.24, 2.45) is 0 Å². The molecule has 0 spiro atoms. The van der Waals surface area contributed by atoms with Gasteiger partial charge in [-0.05, 0) is 24.1 Å². The van der Waals surface area contributed by atoms with Gasteiger partial charge < -0.3 is 14.4 Å². The zero-order valence-electron chi connectivity index (χ0n) is 11.0. The summed E-state index contributed by atoms with van der Waals surface area (Å²) < 4.78 is 5.11. The van der Waals surface area contributed by atoms with Crippen LogP contribution in [0.4, 0.5) is 5.69 Å². The van der Waals surface area contributed by atoms with Crippen molar-refractivity contribution >= 4 is 11.7 Å². The molecule has 0 amide bonds. The molecule has 0 aliphatic rings. The van der Waals surface area contributed by atoms with E-state index < -0.39 is 5.97 Å². The number of aromatic nitrogens is 1. The maximum Gasteiger partial charge on any atom is 0.358 e. The molecule has 0 atom stereocenters. The highest BCUT2D eigenvalue weighted by molar-refractivity contribution is 5.86. The Bertz CT molecular complexity index is 558. The third-order valence-electron chi connectivity index (χ3n) is 2.94. The van der Waals surface area contributed by atoms with E-state index in [1.54, 1.807) is 0 Å². The van der Waals surface area contributed by atoms with Crippen LogP contribution in [-0.4, -0.2) is 30.2 Å². The smallest absolute Gasteiger partial charge is 0.358 e. The Kier molecular flexibility index (Phi) is 3.85. The standard InChI is InChI=1S/C14H16N2O3/c1-16(2)11-6-3-10(4-7-11)5-8-12-13(14(17)18)15-9-19-12/h3-4,6-7,9H,5,8H2,1-2H3,(H,17,18). The summed E-state index contributed by atoms with van der Waals surface area (Å²) in [6.45, 7) is 0. The number of hydrogen-bond acceptors (Lipinski definition) is 4. The number of aromatic carboxylic acids is 1. The van der Waals surface area contributed by atoms with Crippen LogP contribution in [0.2, 0.25) is 0 Å². The van der Waals surface area contributed by atoms with Gasteiger partial charge in [-0.2, -0.15) is 0 Å². The normalized spacial score (nSPS) is 10.4. The van der Waals surface area contributed by atoms with Gasteiger partial charge in [0, 0.05) is 26.2 Å². The van der Waals surface area contributed by atoms with Gasteiger partial charge in [-0.25, -0.2) is 9.78 Å². The topological polar surface area (TPSA) is 66.6 Å². The van der Waals surface area contributed by atoms with E-state index in [1.807, 2.05) is 43.3 Å². The summed E-state index contributed by atoms with van der Waals surface area (Å²) in [6, 6.07) is 8.14. The Morgan fingerprint density at radius 3 is 2.53 bits per heavy atom. The van der Waals surface area contributed by atoms with E-state index in [2.05, 4.69) is 4.98 Å². The summed E-state index contributed by atoms with van der Waals surface area (Å²) in [5.74, 6) is -0.629. The first-order chi connectivity index (χ1) is 9.08. The van der Waals surface area contributed by atoms with Gasteiger partial charge in [0.2, 0.25) is 0 Å². The van der Waals surface area contributed by atoms with E-state index in [0.29, 0.717) is 12.2 Å². The lowest BCUT2D eigenvalue weighted by Crippen LogP contribution is -2.08. The fourth-order valence-corrected chi connectivity index (χ4v) is 1.84. The number of aryl methyl sites for hydroxylation is 2. The van der Waals surface area contributed by atoms with E-state index in [9.17, 15) is 4.79 Å². The number of oxazole rings is 1. The molecule has 1 N–H and O–H groups in total. The van der Waals surface area contributed by atoms with Crippen molar-refractivity contribution in [2.45, 2.75) is 12.8 Å². The first-order valence-corrected chi connectivity index (χ1v) is 6.00. The lowest BCUT2D eigenvalue weighted by molar-refractivity contribution is 0.0689. The molecule has 19 heavy (non-hydrogen) atoms. The highest BCUT2D eigenvalue weighted by atomic mass is 16.4. The second-order valence-electron chi connectivity index (χ2n) is 4.49. The number of nitrogens with zero attached hydrogens (tertiary/aromatic N) is 2. The van der Waals surface area contributed by atoms with E-state index in [1.165, 1.54) is 6.39 Å². The first-order valence-electron chi connectivity index (χ1n) is 6.00. The Balaban J connectivity index is 2.02. The van der Waals surface area contributed by atoms with Gasteiger partial charge in [0.1, 0.15) is 5.76 Å². The Labute approximate surface area is 111 Å². The first kappa shape index (κ1) is 13.1. The fraction of sp³-hybridized carbons (Fsp3) is 0.286. The van der Waals surface area contributed by atoms with Gasteiger partial charge in [-0.15, -0.1) is 0 Å². The van der Waals surface area contributed by atoms with Gasteiger partial charge in [-0.3, -0.25) is 0 Å². The van der Waals surface area contributed by atoms with Crippen LogP contribution >= 0.6 is 0 Å². The molecule has 5 heteroatoms. The highest BCUT2D eigenvalue weighted by Gasteiger charge is 2.14. The minimum atomic E-state index is -1.05. The lowest BCUT2D eigenvalue weighted by Gasteiger charge is -2.12. The number of rotatable bonds is 5. The number of benzene rings is 1. The van der Waals surface area contributed by atoms with Crippen LogP contribution in [0, 0.1) is 0 Å². The van der Waals surface area contributed by atoms with E-state index in [0.717, 1.165) is 17.7 Å². The molecule has 100 valence electrons. The van der Waals surface area contributed by atoms with E-state index in [-0.39, 0.29) is 5.69 Å². The van der Waals surface area contributed by atoms with Crippen molar-refractivity contribution in [1.82, 2.24) is 4.98 Å². The average Bonchev–Trinajstić information content (AvgIpc) is 2.85. The third-order valence-corrected chi connectivity index (χ3v) is 2.94. The van der Waals surface area contributed by atoms with E-state index in [4.69, 9.17) is 9.52 Å². The molecular formula is C14H16N2O3. The van der Waals surface area contributed by atoms with Crippen molar-refractivity contribution in [3.05, 3.63) is 47.7 Å². The molecule has 2 rings (SSSR count). The van der Waals surface area contributed by atoms with Crippen LogP contribution in [-0.2, 0) is 12.8 Å². The second-order valence-corrected chi connectivity index (χ2v) is 4.49. The molecule has 1 heterocycles. The molecule has 0 fully saturated rings. The maximum absolute atomic E-state index is 10.9. The van der Waals surface area contributed by atoms with Gasteiger partial charge in [0.05, 0.1) is 0 Å². The van der Waals surface area contributed by atoms with E-state index >= 15 is 0 Å².